The van der Waals surface area contributed by atoms with Gasteiger partial charge in [0.05, 0.1) is 0 Å². The van der Waals surface area contributed by atoms with Crippen LogP contribution in [0.2, 0.25) is 0 Å². The molecule has 6 nitrogen and oxygen atoms in total. The number of rotatable bonds is 8. The molecule has 0 fully saturated rings. The van der Waals surface area contributed by atoms with Crippen LogP contribution >= 0.6 is 0 Å². The Balaban J connectivity index is 2.24. The van der Waals surface area contributed by atoms with E-state index in [0.717, 1.165) is 12.0 Å². The fraction of sp³-hybridized carbons (Fsp3) is 0.471. The number of esters is 1. The van der Waals surface area contributed by atoms with Crippen LogP contribution in [0.25, 0.3) is 0 Å². The zero-order valence-electron chi connectivity index (χ0n) is 13.8. The summed E-state index contributed by atoms with van der Waals surface area (Å²) in [4.78, 5) is 34.8. The second-order valence-corrected chi connectivity index (χ2v) is 5.75. The molecule has 0 aliphatic rings. The second kappa shape index (κ2) is 9.61. The van der Waals surface area contributed by atoms with Crippen molar-refractivity contribution in [1.29, 1.82) is 0 Å². The lowest BCUT2D eigenvalue weighted by Crippen LogP contribution is -2.34. The van der Waals surface area contributed by atoms with E-state index in [1.165, 1.54) is 0 Å². The molecule has 0 radical (unpaired) electrons. The van der Waals surface area contributed by atoms with Gasteiger partial charge in [0.25, 0.3) is 11.8 Å². The van der Waals surface area contributed by atoms with Crippen LogP contribution in [-0.2, 0) is 14.3 Å². The van der Waals surface area contributed by atoms with Crippen molar-refractivity contribution in [1.82, 2.24) is 10.6 Å². The van der Waals surface area contributed by atoms with Crippen LogP contribution in [0.3, 0.4) is 0 Å². The maximum atomic E-state index is 11.8. The van der Waals surface area contributed by atoms with E-state index >= 15 is 0 Å². The van der Waals surface area contributed by atoms with Crippen LogP contribution in [0.4, 0.5) is 0 Å². The number of nitrogens with one attached hydrogen (secondary N) is 2. The number of ether oxygens (including phenoxy) is 1. The minimum absolute atomic E-state index is 0.272. The van der Waals surface area contributed by atoms with Gasteiger partial charge in [-0.05, 0) is 31.4 Å². The van der Waals surface area contributed by atoms with E-state index in [4.69, 9.17) is 4.74 Å². The smallest absolute Gasteiger partial charge is 0.325 e. The monoisotopic (exact) mass is 320 g/mol. The average Bonchev–Trinajstić information content (AvgIpc) is 2.50. The Labute approximate surface area is 136 Å². The quantitative estimate of drug-likeness (QED) is 0.710. The van der Waals surface area contributed by atoms with Gasteiger partial charge in [-0.2, -0.15) is 0 Å². The highest BCUT2D eigenvalue weighted by molar-refractivity contribution is 5.96. The first-order valence-electron chi connectivity index (χ1n) is 7.65. The predicted octanol–water partition coefficient (Wildman–Crippen LogP) is 1.43. The summed E-state index contributed by atoms with van der Waals surface area (Å²) in [5.41, 5.74) is 1.43. The maximum Gasteiger partial charge on any atom is 0.325 e. The van der Waals surface area contributed by atoms with Crippen molar-refractivity contribution in [3.63, 3.8) is 0 Å². The van der Waals surface area contributed by atoms with Crippen LogP contribution < -0.4 is 10.6 Å². The van der Waals surface area contributed by atoms with E-state index in [1.807, 2.05) is 13.0 Å². The lowest BCUT2D eigenvalue weighted by Gasteiger charge is -2.08. The molecular weight excluding hydrogens is 296 g/mol. The van der Waals surface area contributed by atoms with Crippen LogP contribution in [0.1, 0.15) is 36.2 Å². The minimum Gasteiger partial charge on any atom is -0.454 e. The molecule has 1 rings (SSSR count). The van der Waals surface area contributed by atoms with Crippen molar-refractivity contribution < 1.29 is 19.1 Å². The number of hydrogen-bond acceptors (Lipinski definition) is 4. The summed E-state index contributed by atoms with van der Waals surface area (Å²) < 4.78 is 4.81. The first-order valence-corrected chi connectivity index (χ1v) is 7.65. The number of amides is 2. The van der Waals surface area contributed by atoms with Gasteiger partial charge in [0.1, 0.15) is 6.54 Å². The van der Waals surface area contributed by atoms with Gasteiger partial charge in [-0.25, -0.2) is 0 Å². The fourth-order valence-corrected chi connectivity index (χ4v) is 1.79. The van der Waals surface area contributed by atoms with E-state index in [9.17, 15) is 14.4 Å². The largest absolute Gasteiger partial charge is 0.454 e. The third-order valence-corrected chi connectivity index (χ3v) is 3.08. The Hall–Kier alpha value is -2.37. The zero-order valence-corrected chi connectivity index (χ0v) is 13.8. The lowest BCUT2D eigenvalue weighted by molar-refractivity contribution is -0.147. The molecule has 0 saturated carbocycles. The Morgan fingerprint density at radius 2 is 1.91 bits per heavy atom. The molecule has 2 N–H and O–H groups in total. The molecule has 0 aromatic heterocycles. The summed E-state index contributed by atoms with van der Waals surface area (Å²) >= 11 is 0. The molecule has 0 saturated heterocycles. The van der Waals surface area contributed by atoms with Crippen LogP contribution in [0.5, 0.6) is 0 Å². The summed E-state index contributed by atoms with van der Waals surface area (Å²) in [5.74, 6) is -0.851. The van der Waals surface area contributed by atoms with Crippen molar-refractivity contribution in [2.75, 3.05) is 19.7 Å². The molecule has 2 amide bonds. The van der Waals surface area contributed by atoms with Gasteiger partial charge in [0, 0.05) is 12.1 Å². The topological polar surface area (TPSA) is 84.5 Å². The van der Waals surface area contributed by atoms with Crippen LogP contribution in [-0.4, -0.2) is 37.5 Å². The fourth-order valence-electron chi connectivity index (χ4n) is 1.79. The number of hydrogen-bond donors (Lipinski definition) is 2. The van der Waals surface area contributed by atoms with Gasteiger partial charge in [-0.15, -0.1) is 0 Å². The van der Waals surface area contributed by atoms with Gasteiger partial charge < -0.3 is 15.4 Å². The van der Waals surface area contributed by atoms with Crippen molar-refractivity contribution in [3.05, 3.63) is 35.4 Å². The third-order valence-electron chi connectivity index (χ3n) is 3.08. The molecule has 0 atom stereocenters. The first-order chi connectivity index (χ1) is 10.9. The number of benzene rings is 1. The molecule has 23 heavy (non-hydrogen) atoms. The number of carbonyl (C=O) groups excluding carboxylic acids is 3. The first kappa shape index (κ1) is 18.7. The van der Waals surface area contributed by atoms with E-state index < -0.39 is 5.97 Å². The number of carbonyl (C=O) groups is 3. The van der Waals surface area contributed by atoms with Crippen LogP contribution in [0.15, 0.2) is 24.3 Å². The highest BCUT2D eigenvalue weighted by Crippen LogP contribution is 2.03. The standard InChI is InChI=1S/C17H24N2O4/c1-12(2)7-8-18-15(20)11-23-16(21)10-19-17(22)14-6-4-5-13(3)9-14/h4-6,9,12H,7-8,10-11H2,1-3H3,(H,18,20)(H,19,22). The third kappa shape index (κ3) is 7.99. The van der Waals surface area contributed by atoms with Gasteiger partial charge in [0.15, 0.2) is 6.61 Å². The molecule has 126 valence electrons. The molecular formula is C17H24N2O4. The Bertz CT molecular complexity index is 555. The molecule has 6 heteroatoms. The summed E-state index contributed by atoms with van der Waals surface area (Å²) in [7, 11) is 0. The average molecular weight is 320 g/mol. The Morgan fingerprint density at radius 3 is 2.57 bits per heavy atom. The zero-order chi connectivity index (χ0) is 17.2. The maximum absolute atomic E-state index is 11.8. The summed E-state index contributed by atoms with van der Waals surface area (Å²) in [6.07, 6.45) is 0.867. The molecule has 0 unspecified atom stereocenters. The van der Waals surface area contributed by atoms with E-state index in [0.29, 0.717) is 18.0 Å². The molecule has 0 aliphatic heterocycles. The van der Waals surface area contributed by atoms with Crippen LogP contribution in [0, 0.1) is 12.8 Å². The highest BCUT2D eigenvalue weighted by atomic mass is 16.5. The second-order valence-electron chi connectivity index (χ2n) is 5.75. The van der Waals surface area contributed by atoms with Gasteiger partial charge in [-0.3, -0.25) is 14.4 Å². The molecule has 0 spiro atoms. The molecule has 0 bridgehead atoms. The van der Waals surface area contributed by atoms with E-state index in [2.05, 4.69) is 24.5 Å². The normalized spacial score (nSPS) is 10.3. The summed E-state index contributed by atoms with van der Waals surface area (Å²) in [5, 5.41) is 5.13. The van der Waals surface area contributed by atoms with Crippen molar-refractivity contribution in [2.24, 2.45) is 5.92 Å². The SMILES string of the molecule is Cc1cccc(C(=O)NCC(=O)OCC(=O)NCCC(C)C)c1. The Kier molecular flexibility index (Phi) is 7.80. The highest BCUT2D eigenvalue weighted by Gasteiger charge is 2.10. The van der Waals surface area contributed by atoms with Crippen molar-refractivity contribution in [2.45, 2.75) is 27.2 Å². The lowest BCUT2D eigenvalue weighted by atomic mass is 10.1. The van der Waals surface area contributed by atoms with Crippen molar-refractivity contribution >= 4 is 17.8 Å². The molecule has 0 heterocycles. The van der Waals surface area contributed by atoms with Crippen molar-refractivity contribution in [3.8, 4) is 0 Å². The van der Waals surface area contributed by atoms with E-state index in [-0.39, 0.29) is 25.0 Å². The molecule has 0 aliphatic carbocycles. The van der Waals surface area contributed by atoms with Gasteiger partial charge >= 0.3 is 5.97 Å². The Morgan fingerprint density at radius 1 is 1.17 bits per heavy atom. The molecule has 1 aromatic carbocycles. The predicted molar refractivity (Wildman–Crippen MR) is 86.9 cm³/mol. The van der Waals surface area contributed by atoms with E-state index in [1.54, 1.807) is 18.2 Å². The van der Waals surface area contributed by atoms with Gasteiger partial charge in [0.2, 0.25) is 0 Å². The number of aryl methyl sites for hydroxylation is 1. The minimum atomic E-state index is -0.648. The summed E-state index contributed by atoms with van der Waals surface area (Å²) in [6, 6.07) is 7.03. The molecule has 1 aromatic rings. The van der Waals surface area contributed by atoms with Gasteiger partial charge in [-0.1, -0.05) is 31.5 Å². The summed E-state index contributed by atoms with van der Waals surface area (Å²) in [6.45, 7) is 5.94.